The Bertz CT molecular complexity index is 643. The Kier molecular flexibility index (Phi) is 5.98. The van der Waals surface area contributed by atoms with Gasteiger partial charge in [-0.2, -0.15) is 0 Å². The quantitative estimate of drug-likeness (QED) is 0.834. The SMILES string of the molecule is O=C(COC(=O)c1ccccc1Cl)NCCc1ccccc1. The minimum atomic E-state index is -0.608. The zero-order valence-electron chi connectivity index (χ0n) is 11.9. The van der Waals surface area contributed by atoms with E-state index in [9.17, 15) is 9.59 Å². The molecule has 0 spiro atoms. The van der Waals surface area contributed by atoms with E-state index in [0.29, 0.717) is 11.6 Å². The molecule has 5 heteroatoms. The van der Waals surface area contributed by atoms with Crippen molar-refractivity contribution in [3.63, 3.8) is 0 Å². The lowest BCUT2D eigenvalue weighted by Crippen LogP contribution is -2.30. The van der Waals surface area contributed by atoms with E-state index in [1.165, 1.54) is 0 Å². The van der Waals surface area contributed by atoms with Gasteiger partial charge in [-0.25, -0.2) is 4.79 Å². The average Bonchev–Trinajstić information content (AvgIpc) is 2.54. The topological polar surface area (TPSA) is 55.4 Å². The number of nitrogens with one attached hydrogen (secondary N) is 1. The lowest BCUT2D eigenvalue weighted by molar-refractivity contribution is -0.124. The van der Waals surface area contributed by atoms with Crippen LogP contribution in [0, 0.1) is 0 Å². The Morgan fingerprint density at radius 1 is 1.00 bits per heavy atom. The number of ether oxygens (including phenoxy) is 1. The van der Waals surface area contributed by atoms with Crippen molar-refractivity contribution in [2.24, 2.45) is 0 Å². The molecule has 4 nitrogen and oxygen atoms in total. The van der Waals surface area contributed by atoms with Crippen molar-refractivity contribution in [1.82, 2.24) is 5.32 Å². The molecule has 2 aromatic rings. The highest BCUT2D eigenvalue weighted by atomic mass is 35.5. The van der Waals surface area contributed by atoms with E-state index in [0.717, 1.165) is 12.0 Å². The van der Waals surface area contributed by atoms with Gasteiger partial charge < -0.3 is 10.1 Å². The summed E-state index contributed by atoms with van der Waals surface area (Å²) in [4.78, 5) is 23.4. The number of rotatable bonds is 6. The molecule has 0 bridgehead atoms. The Hall–Kier alpha value is -2.33. The fraction of sp³-hybridized carbons (Fsp3) is 0.176. The first-order valence-electron chi connectivity index (χ1n) is 6.89. The second-order valence-corrected chi connectivity index (χ2v) is 5.05. The third-order valence-corrected chi connectivity index (χ3v) is 3.34. The highest BCUT2D eigenvalue weighted by Crippen LogP contribution is 2.15. The third kappa shape index (κ3) is 4.90. The molecular formula is C17H16ClNO3. The predicted octanol–water partition coefficient (Wildman–Crippen LogP) is 2.86. The van der Waals surface area contributed by atoms with Gasteiger partial charge in [0.25, 0.3) is 5.91 Å². The van der Waals surface area contributed by atoms with Crippen molar-refractivity contribution >= 4 is 23.5 Å². The van der Waals surface area contributed by atoms with E-state index in [4.69, 9.17) is 16.3 Å². The van der Waals surface area contributed by atoms with Gasteiger partial charge in [0, 0.05) is 6.54 Å². The molecule has 0 radical (unpaired) electrons. The molecule has 0 fully saturated rings. The summed E-state index contributed by atoms with van der Waals surface area (Å²) in [6.45, 7) is 0.172. The van der Waals surface area contributed by atoms with E-state index in [1.807, 2.05) is 30.3 Å². The Balaban J connectivity index is 1.72. The normalized spacial score (nSPS) is 10.0. The number of hydrogen-bond donors (Lipinski definition) is 1. The molecule has 0 aliphatic rings. The zero-order valence-corrected chi connectivity index (χ0v) is 12.7. The molecule has 1 amide bonds. The Morgan fingerprint density at radius 2 is 1.68 bits per heavy atom. The van der Waals surface area contributed by atoms with Crippen LogP contribution in [-0.2, 0) is 16.0 Å². The summed E-state index contributed by atoms with van der Waals surface area (Å²) in [6.07, 6.45) is 0.727. The summed E-state index contributed by atoms with van der Waals surface area (Å²) in [7, 11) is 0. The minimum absolute atomic E-state index is 0.251. The molecule has 1 N–H and O–H groups in total. The van der Waals surface area contributed by atoms with Crippen molar-refractivity contribution in [3.8, 4) is 0 Å². The van der Waals surface area contributed by atoms with Crippen LogP contribution in [0.5, 0.6) is 0 Å². The second-order valence-electron chi connectivity index (χ2n) is 4.64. The van der Waals surface area contributed by atoms with Crippen molar-refractivity contribution in [2.75, 3.05) is 13.2 Å². The molecule has 0 unspecified atom stereocenters. The number of halogens is 1. The van der Waals surface area contributed by atoms with E-state index >= 15 is 0 Å². The smallest absolute Gasteiger partial charge is 0.340 e. The van der Waals surface area contributed by atoms with E-state index in [1.54, 1.807) is 24.3 Å². The van der Waals surface area contributed by atoms with Gasteiger partial charge in [-0.05, 0) is 24.1 Å². The van der Waals surface area contributed by atoms with Crippen LogP contribution in [-0.4, -0.2) is 25.0 Å². The van der Waals surface area contributed by atoms with Crippen LogP contribution in [0.1, 0.15) is 15.9 Å². The molecule has 22 heavy (non-hydrogen) atoms. The van der Waals surface area contributed by atoms with Gasteiger partial charge in [-0.3, -0.25) is 4.79 Å². The molecule has 114 valence electrons. The van der Waals surface area contributed by atoms with E-state index < -0.39 is 5.97 Å². The maximum Gasteiger partial charge on any atom is 0.340 e. The first-order valence-corrected chi connectivity index (χ1v) is 7.27. The van der Waals surface area contributed by atoms with E-state index in [2.05, 4.69) is 5.32 Å². The van der Waals surface area contributed by atoms with Crippen LogP contribution < -0.4 is 5.32 Å². The zero-order chi connectivity index (χ0) is 15.8. The lowest BCUT2D eigenvalue weighted by Gasteiger charge is -2.07. The highest BCUT2D eigenvalue weighted by molar-refractivity contribution is 6.33. The number of amides is 1. The van der Waals surface area contributed by atoms with Crippen molar-refractivity contribution in [1.29, 1.82) is 0 Å². The largest absolute Gasteiger partial charge is 0.452 e. The molecule has 0 saturated heterocycles. The van der Waals surface area contributed by atoms with Crippen molar-refractivity contribution in [3.05, 3.63) is 70.7 Å². The van der Waals surface area contributed by atoms with Crippen LogP contribution >= 0.6 is 11.6 Å². The van der Waals surface area contributed by atoms with Crippen LogP contribution in [0.2, 0.25) is 5.02 Å². The summed E-state index contributed by atoms with van der Waals surface area (Å²) in [5.41, 5.74) is 1.39. The first kappa shape index (κ1) is 16.0. The third-order valence-electron chi connectivity index (χ3n) is 3.01. The molecule has 2 rings (SSSR count). The predicted molar refractivity (Wildman–Crippen MR) is 84.9 cm³/mol. The van der Waals surface area contributed by atoms with Gasteiger partial charge in [-0.1, -0.05) is 54.1 Å². The Labute approximate surface area is 134 Å². The average molecular weight is 318 g/mol. The summed E-state index contributed by atoms with van der Waals surface area (Å²) in [5, 5.41) is 3.01. The molecule has 0 saturated carbocycles. The van der Waals surface area contributed by atoms with Gasteiger partial charge in [0.2, 0.25) is 0 Å². The fourth-order valence-electron chi connectivity index (χ4n) is 1.88. The monoisotopic (exact) mass is 317 g/mol. The summed E-state index contributed by atoms with van der Waals surface area (Å²) >= 11 is 5.88. The summed E-state index contributed by atoms with van der Waals surface area (Å²) in [5.74, 6) is -0.944. The molecule has 0 aromatic heterocycles. The van der Waals surface area contributed by atoms with Crippen molar-refractivity contribution < 1.29 is 14.3 Å². The number of benzene rings is 2. The molecule has 0 atom stereocenters. The van der Waals surface area contributed by atoms with Crippen LogP contribution in [0.3, 0.4) is 0 Å². The number of carbonyl (C=O) groups excluding carboxylic acids is 2. The Morgan fingerprint density at radius 3 is 2.41 bits per heavy atom. The second kappa shape index (κ2) is 8.20. The first-order chi connectivity index (χ1) is 10.7. The van der Waals surface area contributed by atoms with Gasteiger partial charge in [0.1, 0.15) is 0 Å². The number of hydrogen-bond acceptors (Lipinski definition) is 3. The summed E-state index contributed by atoms with van der Waals surface area (Å²) in [6, 6.07) is 16.4. The fourth-order valence-corrected chi connectivity index (χ4v) is 2.09. The standard InChI is InChI=1S/C17H16ClNO3/c18-15-9-5-4-8-14(15)17(21)22-12-16(20)19-11-10-13-6-2-1-3-7-13/h1-9H,10-12H2,(H,19,20). The van der Waals surface area contributed by atoms with Gasteiger partial charge >= 0.3 is 5.97 Å². The maximum absolute atomic E-state index is 11.8. The van der Waals surface area contributed by atoms with Crippen LogP contribution in [0.25, 0.3) is 0 Å². The van der Waals surface area contributed by atoms with Gasteiger partial charge in [0.05, 0.1) is 10.6 Å². The molecule has 0 heterocycles. The molecular weight excluding hydrogens is 302 g/mol. The molecule has 0 aliphatic carbocycles. The number of carbonyl (C=O) groups is 2. The van der Waals surface area contributed by atoms with Crippen molar-refractivity contribution in [2.45, 2.75) is 6.42 Å². The van der Waals surface area contributed by atoms with Crippen LogP contribution in [0.15, 0.2) is 54.6 Å². The highest BCUT2D eigenvalue weighted by Gasteiger charge is 2.12. The van der Waals surface area contributed by atoms with Crippen LogP contribution in [0.4, 0.5) is 0 Å². The maximum atomic E-state index is 11.8. The van der Waals surface area contributed by atoms with Gasteiger partial charge in [0.15, 0.2) is 6.61 Å². The number of esters is 1. The summed E-state index contributed by atoms with van der Waals surface area (Å²) < 4.78 is 4.94. The molecule has 0 aliphatic heterocycles. The lowest BCUT2D eigenvalue weighted by atomic mass is 10.1. The minimum Gasteiger partial charge on any atom is -0.452 e. The van der Waals surface area contributed by atoms with E-state index in [-0.39, 0.29) is 18.1 Å². The molecule has 2 aromatic carbocycles. The van der Waals surface area contributed by atoms with Gasteiger partial charge in [-0.15, -0.1) is 0 Å².